The summed E-state index contributed by atoms with van der Waals surface area (Å²) in [4.78, 5) is 39.2. The van der Waals surface area contributed by atoms with Gasteiger partial charge in [-0.3, -0.25) is 14.6 Å². The number of anilines is 2. The summed E-state index contributed by atoms with van der Waals surface area (Å²) in [6.07, 6.45) is 4.12. The van der Waals surface area contributed by atoms with Gasteiger partial charge in [-0.1, -0.05) is 18.6 Å². The third-order valence-corrected chi connectivity index (χ3v) is 7.41. The molecule has 1 N–H and O–H groups in total. The third kappa shape index (κ3) is 3.23. The summed E-state index contributed by atoms with van der Waals surface area (Å²) >= 11 is 0. The number of nitrogens with zero attached hydrogens (tertiary/aromatic N) is 4. The largest absolute Gasteiger partial charge is 0.370 e. The summed E-state index contributed by atoms with van der Waals surface area (Å²) in [6, 6.07) is 15.4. The molecular weight excluding hydrogens is 402 g/mol. The lowest BCUT2D eigenvalue weighted by Crippen LogP contribution is -2.59. The highest BCUT2D eigenvalue weighted by Gasteiger charge is 2.47. The van der Waals surface area contributed by atoms with Gasteiger partial charge >= 0.3 is 0 Å². The first kappa shape index (κ1) is 19.3. The van der Waals surface area contributed by atoms with E-state index in [1.165, 1.54) is 24.9 Å². The number of fused-ring (bicyclic) bond motifs is 1. The Kier molecular flexibility index (Phi) is 4.45. The molecule has 0 radical (unpaired) electrons. The number of amides is 1. The number of carbonyl (C=O) groups is 1. The van der Waals surface area contributed by atoms with Crippen molar-refractivity contribution >= 4 is 28.4 Å². The second kappa shape index (κ2) is 7.36. The molecule has 1 spiro atoms. The van der Waals surface area contributed by atoms with Crippen LogP contribution in [-0.4, -0.2) is 60.0 Å². The van der Waals surface area contributed by atoms with Crippen LogP contribution in [0.4, 0.5) is 11.6 Å². The zero-order valence-electron chi connectivity index (χ0n) is 18.1. The minimum absolute atomic E-state index is 0.0650. The van der Waals surface area contributed by atoms with Crippen molar-refractivity contribution < 1.29 is 4.79 Å². The number of hydrogen-bond acceptors (Lipinski definition) is 5. The fourth-order valence-corrected chi connectivity index (χ4v) is 5.28. The molecule has 0 atom stereocenters. The zero-order valence-corrected chi connectivity index (χ0v) is 18.1. The van der Waals surface area contributed by atoms with Gasteiger partial charge in [0, 0.05) is 55.9 Å². The SMILES string of the molecule is O=C(c1ccc(N2CC3(CCC3)C2)cc1)N1CCN(c2nc3ccccc3c(=O)[nH]2)CC1. The third-order valence-electron chi connectivity index (χ3n) is 7.41. The Morgan fingerprint density at radius 2 is 1.62 bits per heavy atom. The fraction of sp³-hybridized carbons (Fsp3) is 0.400. The monoisotopic (exact) mass is 429 g/mol. The molecule has 0 unspecified atom stereocenters. The first-order chi connectivity index (χ1) is 15.6. The first-order valence-corrected chi connectivity index (χ1v) is 11.5. The molecule has 3 aromatic rings. The van der Waals surface area contributed by atoms with E-state index in [4.69, 9.17) is 0 Å². The number of aromatic nitrogens is 2. The molecule has 1 aliphatic carbocycles. The Hall–Kier alpha value is -3.35. The second-order valence-corrected chi connectivity index (χ2v) is 9.44. The van der Waals surface area contributed by atoms with Crippen LogP contribution < -0.4 is 15.4 Å². The van der Waals surface area contributed by atoms with E-state index >= 15 is 0 Å². The molecule has 2 aliphatic heterocycles. The highest BCUT2D eigenvalue weighted by molar-refractivity contribution is 5.94. The molecule has 2 saturated heterocycles. The van der Waals surface area contributed by atoms with Crippen molar-refractivity contribution in [3.05, 3.63) is 64.4 Å². The smallest absolute Gasteiger partial charge is 0.260 e. The van der Waals surface area contributed by atoms with Crippen LogP contribution in [-0.2, 0) is 0 Å². The molecule has 0 bridgehead atoms. The number of para-hydroxylation sites is 1. The normalized spacial score (nSPS) is 19.7. The van der Waals surface area contributed by atoms with Gasteiger partial charge in [-0.15, -0.1) is 0 Å². The molecule has 1 amide bonds. The molecule has 1 aromatic heterocycles. The number of carbonyl (C=O) groups excluding carboxylic acids is 1. The van der Waals surface area contributed by atoms with E-state index in [0.717, 1.165) is 18.7 Å². The molecule has 7 nitrogen and oxygen atoms in total. The molecule has 3 heterocycles. The van der Waals surface area contributed by atoms with Crippen LogP contribution in [0.5, 0.6) is 0 Å². The van der Waals surface area contributed by atoms with Gasteiger partial charge < -0.3 is 14.7 Å². The van der Waals surface area contributed by atoms with Gasteiger partial charge in [-0.2, -0.15) is 0 Å². The van der Waals surface area contributed by atoms with Crippen LogP contribution in [0.3, 0.4) is 0 Å². The van der Waals surface area contributed by atoms with Gasteiger partial charge in [-0.25, -0.2) is 4.98 Å². The maximum atomic E-state index is 13.0. The lowest BCUT2D eigenvalue weighted by atomic mass is 9.63. The molecular formula is C25H27N5O2. The van der Waals surface area contributed by atoms with Gasteiger partial charge in [0.1, 0.15) is 0 Å². The van der Waals surface area contributed by atoms with Gasteiger partial charge in [-0.05, 0) is 49.2 Å². The lowest BCUT2D eigenvalue weighted by Gasteiger charge is -2.57. The Morgan fingerprint density at radius 3 is 2.31 bits per heavy atom. The molecule has 32 heavy (non-hydrogen) atoms. The highest BCUT2D eigenvalue weighted by Crippen LogP contribution is 2.49. The maximum Gasteiger partial charge on any atom is 0.260 e. The van der Waals surface area contributed by atoms with Crippen molar-refractivity contribution in [2.75, 3.05) is 49.1 Å². The topological polar surface area (TPSA) is 72.5 Å². The number of nitrogens with one attached hydrogen (secondary N) is 1. The van der Waals surface area contributed by atoms with Crippen molar-refractivity contribution in [3.63, 3.8) is 0 Å². The van der Waals surface area contributed by atoms with E-state index in [1.807, 2.05) is 40.1 Å². The van der Waals surface area contributed by atoms with Gasteiger partial charge in [0.25, 0.3) is 11.5 Å². The number of rotatable bonds is 3. The summed E-state index contributed by atoms with van der Waals surface area (Å²) in [5, 5.41) is 0.592. The molecule has 6 rings (SSSR count). The average Bonchev–Trinajstić information content (AvgIpc) is 2.77. The Morgan fingerprint density at radius 1 is 0.906 bits per heavy atom. The molecule has 3 aliphatic rings. The lowest BCUT2D eigenvalue weighted by molar-refractivity contribution is 0.0746. The summed E-state index contributed by atoms with van der Waals surface area (Å²) in [5.74, 6) is 0.638. The number of hydrogen-bond donors (Lipinski definition) is 1. The van der Waals surface area contributed by atoms with E-state index in [0.29, 0.717) is 48.4 Å². The Balaban J connectivity index is 1.09. The average molecular weight is 430 g/mol. The quantitative estimate of drug-likeness (QED) is 0.693. The molecule has 2 aromatic carbocycles. The van der Waals surface area contributed by atoms with Crippen LogP contribution in [0.1, 0.15) is 29.6 Å². The Bertz CT molecular complexity index is 1220. The van der Waals surface area contributed by atoms with Crippen molar-refractivity contribution in [1.29, 1.82) is 0 Å². The minimum atomic E-state index is -0.130. The van der Waals surface area contributed by atoms with Crippen LogP contribution in [0.2, 0.25) is 0 Å². The summed E-state index contributed by atoms with van der Waals surface area (Å²) in [5.41, 5.74) is 3.11. The van der Waals surface area contributed by atoms with Crippen LogP contribution in [0.25, 0.3) is 10.9 Å². The number of piperazine rings is 1. The Labute approximate surface area is 186 Å². The van der Waals surface area contributed by atoms with E-state index in [-0.39, 0.29) is 11.5 Å². The van der Waals surface area contributed by atoms with Crippen LogP contribution in [0, 0.1) is 5.41 Å². The standard InChI is InChI=1S/C25H27N5O2/c31-22-20-4-1-2-5-21(20)26-24(27-22)29-14-12-28(13-15-29)23(32)18-6-8-19(9-7-18)30-16-25(17-30)10-3-11-25/h1-2,4-9H,3,10-17H2,(H,26,27,31). The predicted octanol–water partition coefficient (Wildman–Crippen LogP) is 2.88. The first-order valence-electron chi connectivity index (χ1n) is 11.5. The van der Waals surface area contributed by atoms with E-state index < -0.39 is 0 Å². The predicted molar refractivity (Wildman–Crippen MR) is 125 cm³/mol. The van der Waals surface area contributed by atoms with Crippen molar-refractivity contribution in [2.45, 2.75) is 19.3 Å². The molecule has 164 valence electrons. The minimum Gasteiger partial charge on any atom is -0.370 e. The maximum absolute atomic E-state index is 13.0. The molecule has 3 fully saturated rings. The highest BCUT2D eigenvalue weighted by atomic mass is 16.2. The van der Waals surface area contributed by atoms with Gasteiger partial charge in [0.05, 0.1) is 10.9 Å². The molecule has 1 saturated carbocycles. The van der Waals surface area contributed by atoms with Gasteiger partial charge in [0.15, 0.2) is 0 Å². The summed E-state index contributed by atoms with van der Waals surface area (Å²) in [7, 11) is 0. The van der Waals surface area contributed by atoms with Crippen LogP contribution in [0.15, 0.2) is 53.3 Å². The second-order valence-electron chi connectivity index (χ2n) is 9.44. The summed E-state index contributed by atoms with van der Waals surface area (Å²) < 4.78 is 0. The number of H-pyrrole nitrogens is 1. The van der Waals surface area contributed by atoms with Gasteiger partial charge in [0.2, 0.25) is 5.95 Å². The van der Waals surface area contributed by atoms with Crippen LogP contribution >= 0.6 is 0 Å². The van der Waals surface area contributed by atoms with E-state index in [2.05, 4.69) is 27.0 Å². The zero-order chi connectivity index (χ0) is 21.7. The van der Waals surface area contributed by atoms with E-state index in [9.17, 15) is 9.59 Å². The fourth-order valence-electron chi connectivity index (χ4n) is 5.28. The molecule has 7 heteroatoms. The summed E-state index contributed by atoms with van der Waals surface area (Å²) in [6.45, 7) is 4.81. The van der Waals surface area contributed by atoms with Crippen molar-refractivity contribution in [2.24, 2.45) is 5.41 Å². The van der Waals surface area contributed by atoms with Crippen molar-refractivity contribution in [1.82, 2.24) is 14.9 Å². The van der Waals surface area contributed by atoms with E-state index in [1.54, 1.807) is 6.07 Å². The van der Waals surface area contributed by atoms with Crippen molar-refractivity contribution in [3.8, 4) is 0 Å². The number of benzene rings is 2. The number of aromatic amines is 1.